The van der Waals surface area contributed by atoms with Crippen LogP contribution in [0.15, 0.2) is 18.2 Å². The molecule has 4 nitrogen and oxygen atoms in total. The lowest BCUT2D eigenvalue weighted by Crippen LogP contribution is -2.28. The molecule has 0 bridgehead atoms. The lowest BCUT2D eigenvalue weighted by atomic mass is 10.3. The summed E-state index contributed by atoms with van der Waals surface area (Å²) >= 11 is 5.59. The molecule has 0 atom stereocenters. The van der Waals surface area contributed by atoms with Crippen molar-refractivity contribution in [2.24, 2.45) is 0 Å². The van der Waals surface area contributed by atoms with Crippen LogP contribution in [0, 0.1) is 5.82 Å². The van der Waals surface area contributed by atoms with Crippen molar-refractivity contribution < 1.29 is 12.8 Å². The van der Waals surface area contributed by atoms with E-state index in [2.05, 4.69) is 10.0 Å². The number of anilines is 1. The molecule has 1 fully saturated rings. The van der Waals surface area contributed by atoms with Crippen molar-refractivity contribution in [3.05, 3.63) is 29.0 Å². The second kappa shape index (κ2) is 5.42. The van der Waals surface area contributed by atoms with Gasteiger partial charge in [0, 0.05) is 17.6 Å². The SMILES string of the molecule is O=S(=O)(CCNC1CC1)Nc1ccc(Cl)cc1F. The number of hydrogen-bond donors (Lipinski definition) is 2. The first kappa shape index (κ1) is 13.6. The maximum Gasteiger partial charge on any atom is 0.234 e. The number of benzene rings is 1. The van der Waals surface area contributed by atoms with Crippen LogP contribution in [0.2, 0.25) is 5.02 Å². The van der Waals surface area contributed by atoms with Crippen LogP contribution in [0.3, 0.4) is 0 Å². The highest BCUT2D eigenvalue weighted by Crippen LogP contribution is 2.20. The number of hydrogen-bond acceptors (Lipinski definition) is 3. The van der Waals surface area contributed by atoms with Gasteiger partial charge in [-0.25, -0.2) is 12.8 Å². The Morgan fingerprint density at radius 1 is 1.39 bits per heavy atom. The Bertz CT molecular complexity index is 532. The summed E-state index contributed by atoms with van der Waals surface area (Å²) in [4.78, 5) is 0. The molecule has 1 aromatic carbocycles. The molecule has 1 aliphatic rings. The van der Waals surface area contributed by atoms with Gasteiger partial charge in [-0.3, -0.25) is 4.72 Å². The topological polar surface area (TPSA) is 58.2 Å². The van der Waals surface area contributed by atoms with E-state index in [4.69, 9.17) is 11.6 Å². The van der Waals surface area contributed by atoms with E-state index in [0.29, 0.717) is 12.6 Å². The first-order valence-electron chi connectivity index (χ1n) is 5.65. The van der Waals surface area contributed by atoms with Crippen molar-refractivity contribution in [3.63, 3.8) is 0 Å². The normalized spacial score (nSPS) is 15.7. The van der Waals surface area contributed by atoms with E-state index in [1.54, 1.807) is 0 Å². The van der Waals surface area contributed by atoms with E-state index in [1.807, 2.05) is 0 Å². The molecule has 2 rings (SSSR count). The summed E-state index contributed by atoms with van der Waals surface area (Å²) in [6.45, 7) is 0.370. The lowest BCUT2D eigenvalue weighted by molar-refractivity contribution is 0.593. The smallest absolute Gasteiger partial charge is 0.234 e. The predicted octanol–water partition coefficient (Wildman–Crippen LogP) is 1.97. The van der Waals surface area contributed by atoms with E-state index < -0.39 is 15.8 Å². The molecule has 0 unspecified atom stereocenters. The summed E-state index contributed by atoms with van der Waals surface area (Å²) in [5.74, 6) is -0.757. The molecule has 0 aromatic heterocycles. The van der Waals surface area contributed by atoms with Crippen LogP contribution in [0.1, 0.15) is 12.8 Å². The van der Waals surface area contributed by atoms with Gasteiger partial charge in [-0.1, -0.05) is 11.6 Å². The third-order valence-electron chi connectivity index (χ3n) is 2.58. The van der Waals surface area contributed by atoms with Crippen LogP contribution in [-0.2, 0) is 10.0 Å². The first-order chi connectivity index (χ1) is 8.46. The summed E-state index contributed by atoms with van der Waals surface area (Å²) in [7, 11) is -3.53. The monoisotopic (exact) mass is 292 g/mol. The molecular weight excluding hydrogens is 279 g/mol. The predicted molar refractivity (Wildman–Crippen MR) is 69.8 cm³/mol. The second-order valence-electron chi connectivity index (χ2n) is 4.27. The third kappa shape index (κ3) is 4.12. The van der Waals surface area contributed by atoms with Gasteiger partial charge in [0.25, 0.3) is 0 Å². The average Bonchev–Trinajstić information content (AvgIpc) is 3.06. The second-order valence-corrected chi connectivity index (χ2v) is 6.55. The number of nitrogens with one attached hydrogen (secondary N) is 2. The zero-order chi connectivity index (χ0) is 13.2. The van der Waals surface area contributed by atoms with Crippen molar-refractivity contribution >= 4 is 27.3 Å². The fraction of sp³-hybridized carbons (Fsp3) is 0.455. The Hall–Kier alpha value is -0.850. The summed E-state index contributed by atoms with van der Waals surface area (Å²) < 4.78 is 39.0. The minimum Gasteiger partial charge on any atom is -0.313 e. The molecule has 0 aliphatic heterocycles. The Kier molecular flexibility index (Phi) is 4.09. The fourth-order valence-corrected chi connectivity index (χ4v) is 2.62. The molecule has 0 amide bonds. The van der Waals surface area contributed by atoms with Crippen molar-refractivity contribution in [2.75, 3.05) is 17.0 Å². The van der Waals surface area contributed by atoms with E-state index in [-0.39, 0.29) is 16.5 Å². The van der Waals surface area contributed by atoms with Gasteiger partial charge < -0.3 is 5.32 Å². The minimum atomic E-state index is -3.53. The zero-order valence-electron chi connectivity index (χ0n) is 9.62. The van der Waals surface area contributed by atoms with Gasteiger partial charge in [0.1, 0.15) is 5.82 Å². The van der Waals surface area contributed by atoms with E-state index >= 15 is 0 Å². The highest BCUT2D eigenvalue weighted by atomic mass is 35.5. The molecule has 1 aliphatic carbocycles. The van der Waals surface area contributed by atoms with Crippen molar-refractivity contribution in [1.82, 2.24) is 5.32 Å². The molecule has 7 heteroatoms. The molecule has 18 heavy (non-hydrogen) atoms. The molecule has 2 N–H and O–H groups in total. The summed E-state index contributed by atoms with van der Waals surface area (Å²) in [5, 5.41) is 3.32. The number of halogens is 2. The molecular formula is C11H14ClFN2O2S. The molecule has 0 heterocycles. The largest absolute Gasteiger partial charge is 0.313 e. The fourth-order valence-electron chi connectivity index (χ4n) is 1.48. The Morgan fingerprint density at radius 2 is 2.11 bits per heavy atom. The zero-order valence-corrected chi connectivity index (χ0v) is 11.2. The van der Waals surface area contributed by atoms with Gasteiger partial charge in [0.15, 0.2) is 0 Å². The van der Waals surface area contributed by atoms with Crippen LogP contribution < -0.4 is 10.0 Å². The lowest BCUT2D eigenvalue weighted by Gasteiger charge is -2.09. The average molecular weight is 293 g/mol. The highest BCUT2D eigenvalue weighted by Gasteiger charge is 2.21. The van der Waals surface area contributed by atoms with Crippen LogP contribution in [0.25, 0.3) is 0 Å². The van der Waals surface area contributed by atoms with Crippen LogP contribution in [0.4, 0.5) is 10.1 Å². The third-order valence-corrected chi connectivity index (χ3v) is 4.09. The van der Waals surface area contributed by atoms with E-state index in [1.165, 1.54) is 12.1 Å². The highest BCUT2D eigenvalue weighted by molar-refractivity contribution is 7.92. The molecule has 0 spiro atoms. The van der Waals surface area contributed by atoms with Gasteiger partial charge in [0.05, 0.1) is 11.4 Å². The van der Waals surface area contributed by atoms with Gasteiger partial charge >= 0.3 is 0 Å². The maximum atomic E-state index is 13.4. The minimum absolute atomic E-state index is 0.0778. The van der Waals surface area contributed by atoms with Gasteiger partial charge in [0.2, 0.25) is 10.0 Å². The van der Waals surface area contributed by atoms with E-state index in [0.717, 1.165) is 18.9 Å². The standard InChI is InChI=1S/C11H14ClFN2O2S/c12-8-1-4-11(10(13)7-8)15-18(16,17)6-5-14-9-2-3-9/h1,4,7,9,14-15H,2-3,5-6H2. The Morgan fingerprint density at radius 3 is 2.72 bits per heavy atom. The molecule has 100 valence electrons. The maximum absolute atomic E-state index is 13.4. The van der Waals surface area contributed by atoms with Crippen LogP contribution in [-0.4, -0.2) is 26.8 Å². The van der Waals surface area contributed by atoms with Gasteiger partial charge in [-0.15, -0.1) is 0 Å². The van der Waals surface area contributed by atoms with Gasteiger partial charge in [-0.2, -0.15) is 0 Å². The quantitative estimate of drug-likeness (QED) is 0.843. The summed E-state index contributed by atoms with van der Waals surface area (Å²) in [5.41, 5.74) is -0.0779. The molecule has 0 radical (unpaired) electrons. The summed E-state index contributed by atoms with van der Waals surface area (Å²) in [6.07, 6.45) is 2.19. The van der Waals surface area contributed by atoms with Crippen molar-refractivity contribution in [2.45, 2.75) is 18.9 Å². The Balaban J connectivity index is 1.93. The van der Waals surface area contributed by atoms with Crippen molar-refractivity contribution in [1.29, 1.82) is 0 Å². The van der Waals surface area contributed by atoms with Crippen LogP contribution >= 0.6 is 11.6 Å². The Labute approximate surface area is 111 Å². The molecule has 1 aromatic rings. The van der Waals surface area contributed by atoms with Crippen LogP contribution in [0.5, 0.6) is 0 Å². The summed E-state index contributed by atoms with van der Waals surface area (Å²) in [6, 6.07) is 4.27. The molecule has 0 saturated heterocycles. The number of rotatable bonds is 6. The number of sulfonamides is 1. The van der Waals surface area contributed by atoms with Crippen molar-refractivity contribution in [3.8, 4) is 0 Å². The van der Waals surface area contributed by atoms with Gasteiger partial charge in [-0.05, 0) is 31.0 Å². The first-order valence-corrected chi connectivity index (χ1v) is 7.68. The molecule has 1 saturated carbocycles. The van der Waals surface area contributed by atoms with E-state index in [9.17, 15) is 12.8 Å².